The van der Waals surface area contributed by atoms with Gasteiger partial charge in [0.2, 0.25) is 5.89 Å². The molecule has 122 valence electrons. The second kappa shape index (κ2) is 6.87. The molecule has 0 aliphatic heterocycles. The topological polar surface area (TPSA) is 81.8 Å². The Hall–Kier alpha value is -3.28. The summed E-state index contributed by atoms with van der Waals surface area (Å²) in [5.74, 6) is 0.0471. The average molecular weight is 325 g/mol. The summed E-state index contributed by atoms with van der Waals surface area (Å²) in [5.41, 5.74) is 1.38. The number of esters is 1. The predicted octanol–water partition coefficient (Wildman–Crippen LogP) is 3.41. The van der Waals surface area contributed by atoms with Crippen molar-refractivity contribution in [3.8, 4) is 23.0 Å². The summed E-state index contributed by atoms with van der Waals surface area (Å²) >= 11 is 0. The fourth-order valence-corrected chi connectivity index (χ4v) is 2.11. The molecule has 0 aliphatic rings. The van der Waals surface area contributed by atoms with E-state index in [2.05, 4.69) is 4.98 Å². The van der Waals surface area contributed by atoms with Gasteiger partial charge in [0.1, 0.15) is 35.6 Å². The van der Waals surface area contributed by atoms with Gasteiger partial charge in [-0.25, -0.2) is 9.78 Å². The van der Waals surface area contributed by atoms with E-state index in [-0.39, 0.29) is 17.9 Å². The number of hydrogen-bond donors (Lipinski definition) is 1. The first-order valence-electron chi connectivity index (χ1n) is 7.21. The van der Waals surface area contributed by atoms with Gasteiger partial charge in [-0.2, -0.15) is 0 Å². The van der Waals surface area contributed by atoms with E-state index in [4.69, 9.17) is 13.9 Å². The van der Waals surface area contributed by atoms with Crippen molar-refractivity contribution in [3.05, 3.63) is 66.1 Å². The number of ether oxygens (including phenoxy) is 2. The Labute approximate surface area is 138 Å². The van der Waals surface area contributed by atoms with Crippen molar-refractivity contribution >= 4 is 5.97 Å². The minimum atomic E-state index is -0.653. The fraction of sp³-hybridized carbons (Fsp3) is 0.111. The van der Waals surface area contributed by atoms with E-state index in [1.165, 1.54) is 25.5 Å². The SMILES string of the molecule is COc1ccc(C(=O)OCc2coc(-c3ccccc3)n2)c(O)c1. The Kier molecular flexibility index (Phi) is 4.47. The summed E-state index contributed by atoms with van der Waals surface area (Å²) < 4.78 is 15.5. The van der Waals surface area contributed by atoms with Crippen LogP contribution >= 0.6 is 0 Å². The van der Waals surface area contributed by atoms with Crippen LogP contribution in [0.2, 0.25) is 0 Å². The number of rotatable bonds is 5. The molecule has 0 unspecified atom stereocenters. The lowest BCUT2D eigenvalue weighted by Crippen LogP contribution is -2.06. The number of methoxy groups -OCH3 is 1. The Morgan fingerprint density at radius 1 is 1.21 bits per heavy atom. The summed E-state index contributed by atoms with van der Waals surface area (Å²) in [7, 11) is 1.47. The molecule has 3 rings (SSSR count). The molecule has 0 bridgehead atoms. The number of aromatic hydroxyl groups is 1. The van der Waals surface area contributed by atoms with E-state index in [0.29, 0.717) is 17.3 Å². The number of phenols is 1. The summed E-state index contributed by atoms with van der Waals surface area (Å²) in [4.78, 5) is 16.3. The third-order valence-corrected chi connectivity index (χ3v) is 3.35. The normalized spacial score (nSPS) is 10.4. The molecule has 1 N–H and O–H groups in total. The van der Waals surface area contributed by atoms with Gasteiger partial charge in [-0.1, -0.05) is 18.2 Å². The minimum absolute atomic E-state index is 0.0549. The van der Waals surface area contributed by atoms with Crippen LogP contribution in [0.5, 0.6) is 11.5 Å². The number of hydrogen-bond acceptors (Lipinski definition) is 6. The van der Waals surface area contributed by atoms with Gasteiger partial charge in [-0.15, -0.1) is 0 Å². The molecule has 2 aromatic carbocycles. The Bertz CT molecular complexity index is 842. The average Bonchev–Trinajstić information content (AvgIpc) is 3.09. The number of oxazole rings is 1. The highest BCUT2D eigenvalue weighted by atomic mass is 16.5. The molecule has 3 aromatic rings. The van der Waals surface area contributed by atoms with Crippen LogP contribution in [0.4, 0.5) is 0 Å². The molecular formula is C18H15NO5. The molecule has 1 heterocycles. The number of carbonyl (C=O) groups excluding carboxylic acids is 1. The highest BCUT2D eigenvalue weighted by molar-refractivity contribution is 5.92. The van der Waals surface area contributed by atoms with Gasteiger partial charge in [0.15, 0.2) is 0 Å². The molecule has 0 atom stereocenters. The van der Waals surface area contributed by atoms with Crippen molar-refractivity contribution in [2.75, 3.05) is 7.11 Å². The molecule has 6 nitrogen and oxygen atoms in total. The zero-order valence-corrected chi connectivity index (χ0v) is 12.9. The monoisotopic (exact) mass is 325 g/mol. The quantitative estimate of drug-likeness (QED) is 0.724. The van der Waals surface area contributed by atoms with Gasteiger partial charge >= 0.3 is 5.97 Å². The molecule has 0 saturated carbocycles. The summed E-state index contributed by atoms with van der Waals surface area (Å²) in [6.07, 6.45) is 1.43. The first-order valence-corrected chi connectivity index (χ1v) is 7.21. The van der Waals surface area contributed by atoms with Crippen molar-refractivity contribution in [3.63, 3.8) is 0 Å². The minimum Gasteiger partial charge on any atom is -0.507 e. The molecule has 0 radical (unpaired) electrons. The first-order chi connectivity index (χ1) is 11.7. The number of carbonyl (C=O) groups is 1. The molecule has 0 fully saturated rings. The van der Waals surface area contributed by atoms with Crippen LogP contribution in [0.1, 0.15) is 16.1 Å². The maximum atomic E-state index is 12.0. The Morgan fingerprint density at radius 2 is 2.00 bits per heavy atom. The van der Waals surface area contributed by atoms with Crippen molar-refractivity contribution in [2.24, 2.45) is 0 Å². The van der Waals surface area contributed by atoms with E-state index in [9.17, 15) is 9.90 Å². The van der Waals surface area contributed by atoms with Gasteiger partial charge in [-0.3, -0.25) is 0 Å². The smallest absolute Gasteiger partial charge is 0.342 e. The van der Waals surface area contributed by atoms with Crippen LogP contribution in [0.3, 0.4) is 0 Å². The lowest BCUT2D eigenvalue weighted by Gasteiger charge is -2.06. The van der Waals surface area contributed by atoms with Crippen LogP contribution < -0.4 is 4.74 Å². The van der Waals surface area contributed by atoms with Crippen LogP contribution in [0.15, 0.2) is 59.2 Å². The highest BCUT2D eigenvalue weighted by Gasteiger charge is 2.15. The van der Waals surface area contributed by atoms with Crippen molar-refractivity contribution < 1.29 is 23.8 Å². The summed E-state index contributed by atoms with van der Waals surface area (Å²) in [5, 5.41) is 9.83. The van der Waals surface area contributed by atoms with Crippen molar-refractivity contribution in [1.82, 2.24) is 4.98 Å². The molecule has 0 spiro atoms. The van der Waals surface area contributed by atoms with Crippen molar-refractivity contribution in [2.45, 2.75) is 6.61 Å². The summed E-state index contributed by atoms with van der Waals surface area (Å²) in [6.45, 7) is -0.0549. The predicted molar refractivity (Wildman–Crippen MR) is 85.7 cm³/mol. The molecular weight excluding hydrogens is 310 g/mol. The van der Waals surface area contributed by atoms with Crippen LogP contribution in [0.25, 0.3) is 11.5 Å². The van der Waals surface area contributed by atoms with E-state index >= 15 is 0 Å². The second-order valence-corrected chi connectivity index (χ2v) is 4.97. The first kappa shape index (κ1) is 15.6. The third kappa shape index (κ3) is 3.38. The molecule has 0 saturated heterocycles. The Balaban J connectivity index is 1.66. The zero-order valence-electron chi connectivity index (χ0n) is 12.9. The van der Waals surface area contributed by atoms with Crippen LogP contribution in [-0.4, -0.2) is 23.2 Å². The second-order valence-electron chi connectivity index (χ2n) is 4.97. The Morgan fingerprint density at radius 3 is 2.71 bits per heavy atom. The molecule has 24 heavy (non-hydrogen) atoms. The van der Waals surface area contributed by atoms with E-state index in [0.717, 1.165) is 5.56 Å². The molecule has 1 aromatic heterocycles. The largest absolute Gasteiger partial charge is 0.507 e. The summed E-state index contributed by atoms with van der Waals surface area (Å²) in [6, 6.07) is 13.8. The number of benzene rings is 2. The van der Waals surface area contributed by atoms with E-state index in [1.807, 2.05) is 30.3 Å². The number of phenolic OH excluding ortho intramolecular Hbond substituents is 1. The van der Waals surface area contributed by atoms with Gasteiger partial charge in [0, 0.05) is 11.6 Å². The third-order valence-electron chi connectivity index (χ3n) is 3.35. The maximum absolute atomic E-state index is 12.0. The lowest BCUT2D eigenvalue weighted by molar-refractivity contribution is 0.0464. The van der Waals surface area contributed by atoms with Gasteiger partial charge in [0.25, 0.3) is 0 Å². The van der Waals surface area contributed by atoms with Crippen molar-refractivity contribution in [1.29, 1.82) is 0 Å². The standard InChI is InChI=1S/C18H15NO5/c1-22-14-7-8-15(16(20)9-14)18(21)24-11-13-10-23-17(19-13)12-5-3-2-4-6-12/h2-10,20H,11H2,1H3. The van der Waals surface area contributed by atoms with Gasteiger partial charge < -0.3 is 19.0 Å². The molecule has 6 heteroatoms. The fourth-order valence-electron chi connectivity index (χ4n) is 2.11. The molecule has 0 amide bonds. The van der Waals surface area contributed by atoms with Crippen LogP contribution in [0, 0.1) is 0 Å². The molecule has 0 aliphatic carbocycles. The lowest BCUT2D eigenvalue weighted by atomic mass is 10.2. The highest BCUT2D eigenvalue weighted by Crippen LogP contribution is 2.24. The maximum Gasteiger partial charge on any atom is 0.342 e. The zero-order chi connectivity index (χ0) is 16.9. The van der Waals surface area contributed by atoms with E-state index < -0.39 is 5.97 Å². The van der Waals surface area contributed by atoms with E-state index in [1.54, 1.807) is 6.07 Å². The number of aromatic nitrogens is 1. The van der Waals surface area contributed by atoms with Gasteiger partial charge in [-0.05, 0) is 24.3 Å². The van der Waals surface area contributed by atoms with Gasteiger partial charge in [0.05, 0.1) is 7.11 Å². The van der Waals surface area contributed by atoms with Crippen LogP contribution in [-0.2, 0) is 11.3 Å². The number of nitrogens with zero attached hydrogens (tertiary/aromatic N) is 1.